The standard InChI is InChI=1S/C32H33NO3/c33-18-20-6-5-10-23(12-20)27-14-21(19-36-30-11-4-3-9-24(30)16-31(34)35)13-25-15-26(22-7-1-2-8-22)28-17-29(28)32(25)27/h3-6,9-15,22,28-29H,1-2,7-8,16-19,33H2,(H,34,35). The molecule has 0 aliphatic heterocycles. The van der Waals surface area contributed by atoms with Crippen LogP contribution in [0.1, 0.15) is 65.8 Å². The van der Waals surface area contributed by atoms with Crippen LogP contribution in [0.15, 0.2) is 66.2 Å². The number of nitrogens with two attached hydrogens (primary N) is 1. The minimum Gasteiger partial charge on any atom is -0.489 e. The first-order valence-electron chi connectivity index (χ1n) is 13.2. The van der Waals surface area contributed by atoms with E-state index in [2.05, 4.69) is 42.5 Å². The highest BCUT2D eigenvalue weighted by molar-refractivity contribution is 5.79. The van der Waals surface area contributed by atoms with Gasteiger partial charge in [0.25, 0.3) is 0 Å². The van der Waals surface area contributed by atoms with Gasteiger partial charge in [-0.2, -0.15) is 0 Å². The van der Waals surface area contributed by atoms with Crippen LogP contribution in [0.4, 0.5) is 0 Å². The number of rotatable bonds is 8. The van der Waals surface area contributed by atoms with Gasteiger partial charge in [0, 0.05) is 12.1 Å². The van der Waals surface area contributed by atoms with Crippen molar-refractivity contribution in [3.05, 3.63) is 94.1 Å². The Balaban J connectivity index is 1.39. The van der Waals surface area contributed by atoms with Crippen molar-refractivity contribution in [2.24, 2.45) is 17.6 Å². The topological polar surface area (TPSA) is 72.5 Å². The van der Waals surface area contributed by atoms with E-state index in [1.807, 2.05) is 24.3 Å². The van der Waals surface area contributed by atoms with Crippen LogP contribution in [0.25, 0.3) is 17.2 Å². The number of allylic oxidation sites excluding steroid dienone is 1. The monoisotopic (exact) mass is 479 g/mol. The lowest BCUT2D eigenvalue weighted by Crippen LogP contribution is -2.09. The Morgan fingerprint density at radius 2 is 1.81 bits per heavy atom. The molecule has 4 heteroatoms. The quantitative estimate of drug-likeness (QED) is 0.377. The Kier molecular flexibility index (Phi) is 6.14. The largest absolute Gasteiger partial charge is 0.489 e. The highest BCUT2D eigenvalue weighted by Gasteiger charge is 2.47. The van der Waals surface area contributed by atoms with E-state index in [1.165, 1.54) is 54.4 Å². The highest BCUT2D eigenvalue weighted by atomic mass is 16.5. The van der Waals surface area contributed by atoms with Crippen molar-refractivity contribution in [2.45, 2.75) is 57.6 Å². The van der Waals surface area contributed by atoms with Crippen molar-refractivity contribution in [3.8, 4) is 16.9 Å². The Morgan fingerprint density at radius 3 is 2.61 bits per heavy atom. The summed E-state index contributed by atoms with van der Waals surface area (Å²) in [6, 6.07) is 20.6. The van der Waals surface area contributed by atoms with Gasteiger partial charge in [0.05, 0.1) is 6.42 Å². The Bertz CT molecular complexity index is 1330. The summed E-state index contributed by atoms with van der Waals surface area (Å²) in [6.07, 6.45) is 9.08. The molecule has 184 valence electrons. The molecular weight excluding hydrogens is 446 g/mol. The number of hydrogen-bond acceptors (Lipinski definition) is 3. The SMILES string of the molecule is NCc1cccc(-c2cc(COc3ccccc3CC(=O)O)cc3c2C2CC2C(C2CCCC2)=C3)c1. The second kappa shape index (κ2) is 9.59. The van der Waals surface area contributed by atoms with Gasteiger partial charge in [0.2, 0.25) is 0 Å². The summed E-state index contributed by atoms with van der Waals surface area (Å²) in [5.41, 5.74) is 15.9. The predicted molar refractivity (Wildman–Crippen MR) is 143 cm³/mol. The molecule has 0 amide bonds. The number of ether oxygens (including phenoxy) is 1. The fraction of sp³-hybridized carbons (Fsp3) is 0.344. The molecule has 2 saturated carbocycles. The van der Waals surface area contributed by atoms with E-state index < -0.39 is 5.97 Å². The molecule has 6 rings (SSSR count). The number of carboxylic acid groups (broad SMARTS) is 1. The third-order valence-electron chi connectivity index (χ3n) is 8.19. The molecule has 3 N–H and O–H groups in total. The first kappa shape index (κ1) is 23.1. The maximum atomic E-state index is 11.3. The molecule has 3 aromatic rings. The van der Waals surface area contributed by atoms with Crippen molar-refractivity contribution in [1.82, 2.24) is 0 Å². The van der Waals surface area contributed by atoms with Crippen molar-refractivity contribution < 1.29 is 14.6 Å². The number of benzene rings is 3. The molecule has 36 heavy (non-hydrogen) atoms. The molecule has 0 bridgehead atoms. The van der Waals surface area contributed by atoms with Gasteiger partial charge >= 0.3 is 5.97 Å². The van der Waals surface area contributed by atoms with E-state index in [0.29, 0.717) is 36.3 Å². The number of hydrogen-bond donors (Lipinski definition) is 2. The van der Waals surface area contributed by atoms with Gasteiger partial charge in [0.1, 0.15) is 12.4 Å². The summed E-state index contributed by atoms with van der Waals surface area (Å²) < 4.78 is 6.21. The van der Waals surface area contributed by atoms with Crippen molar-refractivity contribution in [3.63, 3.8) is 0 Å². The third-order valence-corrected chi connectivity index (χ3v) is 8.19. The van der Waals surface area contributed by atoms with Crippen LogP contribution < -0.4 is 10.5 Å². The lowest BCUT2D eigenvalue weighted by molar-refractivity contribution is -0.136. The van der Waals surface area contributed by atoms with Crippen LogP contribution in [0.5, 0.6) is 5.75 Å². The summed E-state index contributed by atoms with van der Waals surface area (Å²) in [5.74, 6) is 1.85. The molecule has 0 radical (unpaired) electrons. The first-order valence-corrected chi connectivity index (χ1v) is 13.2. The van der Waals surface area contributed by atoms with Gasteiger partial charge in [0.15, 0.2) is 0 Å². The summed E-state index contributed by atoms with van der Waals surface area (Å²) in [6.45, 7) is 0.922. The lowest BCUT2D eigenvalue weighted by Gasteiger charge is -2.24. The van der Waals surface area contributed by atoms with Gasteiger partial charge in [-0.3, -0.25) is 4.79 Å². The maximum absolute atomic E-state index is 11.3. The summed E-state index contributed by atoms with van der Waals surface area (Å²) >= 11 is 0. The van der Waals surface area contributed by atoms with Crippen LogP contribution in [-0.4, -0.2) is 11.1 Å². The van der Waals surface area contributed by atoms with Crippen molar-refractivity contribution in [1.29, 1.82) is 0 Å². The van der Waals surface area contributed by atoms with Crippen molar-refractivity contribution >= 4 is 12.0 Å². The van der Waals surface area contributed by atoms with Gasteiger partial charge < -0.3 is 15.6 Å². The molecule has 2 atom stereocenters. The van der Waals surface area contributed by atoms with E-state index in [4.69, 9.17) is 10.5 Å². The fourth-order valence-corrected chi connectivity index (χ4v) is 6.42. The predicted octanol–water partition coefficient (Wildman–Crippen LogP) is 6.71. The van der Waals surface area contributed by atoms with Gasteiger partial charge in [-0.1, -0.05) is 60.9 Å². The molecular formula is C32H33NO3. The summed E-state index contributed by atoms with van der Waals surface area (Å²) in [7, 11) is 0. The van der Waals surface area contributed by atoms with Crippen molar-refractivity contribution in [2.75, 3.05) is 0 Å². The Morgan fingerprint density at radius 1 is 0.972 bits per heavy atom. The number of fused-ring (bicyclic) bond motifs is 3. The fourth-order valence-electron chi connectivity index (χ4n) is 6.42. The van der Waals surface area contributed by atoms with E-state index >= 15 is 0 Å². The Hall–Kier alpha value is -3.37. The van der Waals surface area contributed by atoms with E-state index in [9.17, 15) is 9.90 Å². The summed E-state index contributed by atoms with van der Waals surface area (Å²) in [4.78, 5) is 11.3. The van der Waals surface area contributed by atoms with Crippen LogP contribution in [0.3, 0.4) is 0 Å². The minimum atomic E-state index is -0.856. The number of aliphatic carboxylic acids is 1. The van der Waals surface area contributed by atoms with Crippen LogP contribution in [-0.2, 0) is 24.4 Å². The lowest BCUT2D eigenvalue weighted by atomic mass is 9.81. The van der Waals surface area contributed by atoms with E-state index in [-0.39, 0.29) is 6.42 Å². The number of carbonyl (C=O) groups is 1. The van der Waals surface area contributed by atoms with Gasteiger partial charge in [-0.25, -0.2) is 0 Å². The molecule has 0 heterocycles. The van der Waals surface area contributed by atoms with Crippen LogP contribution in [0.2, 0.25) is 0 Å². The molecule has 0 saturated heterocycles. The third kappa shape index (κ3) is 4.46. The van der Waals surface area contributed by atoms with E-state index in [0.717, 1.165) is 17.0 Å². The second-order valence-corrected chi connectivity index (χ2v) is 10.6. The zero-order chi connectivity index (χ0) is 24.6. The molecule has 3 aliphatic rings. The zero-order valence-electron chi connectivity index (χ0n) is 20.6. The normalized spacial score (nSPS) is 20.4. The molecule has 0 aromatic heterocycles. The molecule has 2 fully saturated rings. The molecule has 0 spiro atoms. The Labute approximate surface area is 212 Å². The first-order chi connectivity index (χ1) is 17.6. The minimum absolute atomic E-state index is 0.0476. The molecule has 4 nitrogen and oxygen atoms in total. The number of para-hydroxylation sites is 1. The van der Waals surface area contributed by atoms with Crippen LogP contribution >= 0.6 is 0 Å². The molecule has 3 aromatic carbocycles. The number of carboxylic acids is 1. The summed E-state index contributed by atoms with van der Waals surface area (Å²) in [5, 5.41) is 9.29. The van der Waals surface area contributed by atoms with Gasteiger partial charge in [-0.15, -0.1) is 0 Å². The van der Waals surface area contributed by atoms with Gasteiger partial charge in [-0.05, 0) is 94.7 Å². The van der Waals surface area contributed by atoms with E-state index in [1.54, 1.807) is 5.57 Å². The second-order valence-electron chi connectivity index (χ2n) is 10.6. The van der Waals surface area contributed by atoms with Crippen LogP contribution in [0, 0.1) is 11.8 Å². The molecule has 2 unspecified atom stereocenters. The highest BCUT2D eigenvalue weighted by Crippen LogP contribution is 2.61. The molecule has 3 aliphatic carbocycles. The smallest absolute Gasteiger partial charge is 0.307 e. The maximum Gasteiger partial charge on any atom is 0.307 e. The zero-order valence-corrected chi connectivity index (χ0v) is 20.6. The average molecular weight is 480 g/mol. The average Bonchev–Trinajstić information content (AvgIpc) is 3.51.